The van der Waals surface area contributed by atoms with Crippen molar-refractivity contribution in [2.75, 3.05) is 0 Å². The number of rotatable bonds is 6. The van der Waals surface area contributed by atoms with Crippen LogP contribution in [0.1, 0.15) is 45.1 Å². The van der Waals surface area contributed by atoms with E-state index in [1.807, 2.05) is 6.07 Å². The molecule has 2 atom stereocenters. The van der Waals surface area contributed by atoms with Gasteiger partial charge in [0.2, 0.25) is 0 Å². The zero-order valence-corrected chi connectivity index (χ0v) is 12.0. The van der Waals surface area contributed by atoms with Gasteiger partial charge in [0.1, 0.15) is 6.10 Å². The molecule has 1 heterocycles. The van der Waals surface area contributed by atoms with Crippen molar-refractivity contribution in [2.45, 2.75) is 52.1 Å². The minimum absolute atomic E-state index is 0.0266. The molecule has 0 radical (unpaired) electrons. The molecule has 0 spiro atoms. The Bertz CT molecular complexity index is 397. The van der Waals surface area contributed by atoms with E-state index in [1.165, 1.54) is 5.56 Å². The highest BCUT2D eigenvalue weighted by atomic mass is 16.5. The molecule has 2 heteroatoms. The van der Waals surface area contributed by atoms with Crippen LogP contribution in [-0.2, 0) is 16.0 Å². The predicted octanol–water partition coefficient (Wildman–Crippen LogP) is 3.99. The van der Waals surface area contributed by atoms with Crippen LogP contribution in [0, 0.1) is 11.8 Å². The summed E-state index contributed by atoms with van der Waals surface area (Å²) in [6, 6.07) is 10.4. The highest BCUT2D eigenvalue weighted by molar-refractivity contribution is 5.74. The maximum Gasteiger partial charge on any atom is 0.309 e. The molecule has 1 aromatic carbocycles. The van der Waals surface area contributed by atoms with Crippen molar-refractivity contribution in [2.24, 2.45) is 11.8 Å². The summed E-state index contributed by atoms with van der Waals surface area (Å²) in [5.41, 5.74) is 1.32. The number of cyclic esters (lactones) is 1. The zero-order chi connectivity index (χ0) is 13.7. The predicted molar refractivity (Wildman–Crippen MR) is 76.8 cm³/mol. The van der Waals surface area contributed by atoms with E-state index in [9.17, 15) is 4.79 Å². The van der Waals surface area contributed by atoms with Gasteiger partial charge in [0.25, 0.3) is 0 Å². The summed E-state index contributed by atoms with van der Waals surface area (Å²) in [7, 11) is 0. The first kappa shape index (κ1) is 14.1. The average molecular weight is 260 g/mol. The van der Waals surface area contributed by atoms with Crippen LogP contribution in [0.5, 0.6) is 0 Å². The van der Waals surface area contributed by atoms with Crippen molar-refractivity contribution >= 4 is 5.97 Å². The number of carbonyl (C=O) groups excluding carboxylic acids is 1. The molecule has 1 fully saturated rings. The third kappa shape index (κ3) is 4.38. The van der Waals surface area contributed by atoms with Gasteiger partial charge in [-0.2, -0.15) is 0 Å². The van der Waals surface area contributed by atoms with E-state index in [-0.39, 0.29) is 18.0 Å². The van der Waals surface area contributed by atoms with Gasteiger partial charge in [-0.1, -0.05) is 50.6 Å². The molecule has 1 saturated heterocycles. The lowest BCUT2D eigenvalue weighted by Gasteiger charge is -2.09. The van der Waals surface area contributed by atoms with Crippen LogP contribution in [0.25, 0.3) is 0 Å². The molecule has 0 N–H and O–H groups in total. The van der Waals surface area contributed by atoms with Crippen molar-refractivity contribution < 1.29 is 9.53 Å². The Hall–Kier alpha value is -1.31. The van der Waals surface area contributed by atoms with Crippen LogP contribution in [-0.4, -0.2) is 12.1 Å². The van der Waals surface area contributed by atoms with E-state index in [1.54, 1.807) is 0 Å². The van der Waals surface area contributed by atoms with Crippen molar-refractivity contribution in [1.82, 2.24) is 0 Å². The Balaban J connectivity index is 1.76. The van der Waals surface area contributed by atoms with Gasteiger partial charge in [-0.3, -0.25) is 4.79 Å². The minimum Gasteiger partial charge on any atom is -0.462 e. The van der Waals surface area contributed by atoms with Gasteiger partial charge in [0, 0.05) is 0 Å². The van der Waals surface area contributed by atoms with Crippen LogP contribution in [0.3, 0.4) is 0 Å². The lowest BCUT2D eigenvalue weighted by Crippen LogP contribution is -2.08. The van der Waals surface area contributed by atoms with Crippen molar-refractivity contribution in [3.05, 3.63) is 35.9 Å². The summed E-state index contributed by atoms with van der Waals surface area (Å²) in [6.07, 6.45) is 5.09. The maximum absolute atomic E-state index is 11.8. The second kappa shape index (κ2) is 6.74. The van der Waals surface area contributed by atoms with Gasteiger partial charge in [-0.15, -0.1) is 0 Å². The number of carbonyl (C=O) groups is 1. The van der Waals surface area contributed by atoms with Gasteiger partial charge >= 0.3 is 5.97 Å². The average Bonchev–Trinajstić information content (AvgIpc) is 2.76. The lowest BCUT2D eigenvalue weighted by molar-refractivity contribution is -0.144. The van der Waals surface area contributed by atoms with E-state index < -0.39 is 0 Å². The Morgan fingerprint density at radius 1 is 1.21 bits per heavy atom. The van der Waals surface area contributed by atoms with E-state index >= 15 is 0 Å². The molecule has 1 aliphatic heterocycles. The number of aryl methyl sites for hydroxylation is 1. The molecule has 1 aliphatic rings. The summed E-state index contributed by atoms with van der Waals surface area (Å²) in [6.45, 7) is 4.40. The molecule has 0 aliphatic carbocycles. The van der Waals surface area contributed by atoms with Gasteiger partial charge in [-0.05, 0) is 37.2 Å². The molecule has 0 aromatic heterocycles. The maximum atomic E-state index is 11.8. The van der Waals surface area contributed by atoms with Crippen LogP contribution < -0.4 is 0 Å². The monoisotopic (exact) mass is 260 g/mol. The zero-order valence-electron chi connectivity index (χ0n) is 12.0. The number of esters is 1. The van der Waals surface area contributed by atoms with Crippen LogP contribution in [0.2, 0.25) is 0 Å². The SMILES string of the molecule is CC(C)CC[C@@H]1C[C@H](CCc2ccccc2)OC1=O. The molecule has 0 unspecified atom stereocenters. The topological polar surface area (TPSA) is 26.3 Å². The van der Waals surface area contributed by atoms with Crippen molar-refractivity contribution in [3.8, 4) is 0 Å². The Morgan fingerprint density at radius 2 is 1.95 bits per heavy atom. The van der Waals surface area contributed by atoms with E-state index in [4.69, 9.17) is 4.74 Å². The molecule has 19 heavy (non-hydrogen) atoms. The minimum atomic E-state index is 0.0266. The highest BCUT2D eigenvalue weighted by Crippen LogP contribution is 2.29. The highest BCUT2D eigenvalue weighted by Gasteiger charge is 2.33. The van der Waals surface area contributed by atoms with Crippen molar-refractivity contribution in [1.29, 1.82) is 0 Å². The van der Waals surface area contributed by atoms with Crippen LogP contribution in [0.4, 0.5) is 0 Å². The number of benzene rings is 1. The van der Waals surface area contributed by atoms with Crippen LogP contribution >= 0.6 is 0 Å². The van der Waals surface area contributed by atoms with Gasteiger partial charge in [0.15, 0.2) is 0 Å². The fourth-order valence-corrected chi connectivity index (χ4v) is 2.64. The first-order chi connectivity index (χ1) is 9.15. The summed E-state index contributed by atoms with van der Waals surface area (Å²) in [4.78, 5) is 11.8. The molecule has 0 amide bonds. The number of hydrogen-bond acceptors (Lipinski definition) is 2. The third-order valence-electron chi connectivity index (χ3n) is 3.85. The first-order valence-electron chi connectivity index (χ1n) is 7.39. The third-order valence-corrected chi connectivity index (χ3v) is 3.85. The van der Waals surface area contributed by atoms with Crippen molar-refractivity contribution in [3.63, 3.8) is 0 Å². The Kier molecular flexibility index (Phi) is 5.00. The summed E-state index contributed by atoms with van der Waals surface area (Å²) < 4.78 is 5.49. The Labute approximate surface area is 116 Å². The molecule has 2 nitrogen and oxygen atoms in total. The number of ether oxygens (including phenoxy) is 1. The smallest absolute Gasteiger partial charge is 0.309 e. The molecular weight excluding hydrogens is 236 g/mol. The molecule has 0 bridgehead atoms. The largest absolute Gasteiger partial charge is 0.462 e. The Morgan fingerprint density at radius 3 is 2.63 bits per heavy atom. The van der Waals surface area contributed by atoms with Gasteiger partial charge in [0.05, 0.1) is 5.92 Å². The summed E-state index contributed by atoms with van der Waals surface area (Å²) in [5, 5.41) is 0. The first-order valence-corrected chi connectivity index (χ1v) is 7.39. The molecule has 0 saturated carbocycles. The van der Waals surface area contributed by atoms with Gasteiger partial charge in [-0.25, -0.2) is 0 Å². The second-order valence-electron chi connectivity index (χ2n) is 5.99. The van der Waals surface area contributed by atoms with Crippen LogP contribution in [0.15, 0.2) is 30.3 Å². The normalized spacial score (nSPS) is 22.8. The van der Waals surface area contributed by atoms with E-state index in [0.29, 0.717) is 5.92 Å². The van der Waals surface area contributed by atoms with Gasteiger partial charge < -0.3 is 4.74 Å². The molecular formula is C17H24O2. The lowest BCUT2D eigenvalue weighted by atomic mass is 9.93. The second-order valence-corrected chi connectivity index (χ2v) is 5.99. The molecule has 2 rings (SSSR count). The molecule has 1 aromatic rings. The van der Waals surface area contributed by atoms with E-state index in [2.05, 4.69) is 38.1 Å². The summed E-state index contributed by atoms with van der Waals surface area (Å²) in [5.74, 6) is 0.832. The summed E-state index contributed by atoms with van der Waals surface area (Å²) >= 11 is 0. The quantitative estimate of drug-likeness (QED) is 0.723. The molecule has 104 valence electrons. The standard InChI is InChI=1S/C17H24O2/c1-13(2)8-10-15-12-16(19-17(15)18)11-9-14-6-4-3-5-7-14/h3-7,13,15-16H,8-12H2,1-2H3/t15-,16+/m1/s1. The fraction of sp³-hybridized carbons (Fsp3) is 0.588. The fourth-order valence-electron chi connectivity index (χ4n) is 2.64. The number of hydrogen-bond donors (Lipinski definition) is 0. The van der Waals surface area contributed by atoms with E-state index in [0.717, 1.165) is 32.1 Å².